The molecular formula is C31H23K6N3O16. The second-order valence-corrected chi connectivity index (χ2v) is 10.4. The fourth-order valence-corrected chi connectivity index (χ4v) is 4.72. The number of hydrogen-bond acceptors (Lipinski definition) is 19. The Hall–Kier alpha value is 3.03. The van der Waals surface area contributed by atoms with Crippen molar-refractivity contribution in [1.29, 1.82) is 0 Å². The molecule has 0 saturated heterocycles. The summed E-state index contributed by atoms with van der Waals surface area (Å²) >= 11 is 0. The number of ether oxygens (including phenoxy) is 2. The second kappa shape index (κ2) is 31.8. The molecular weight excluding hydrogens is 905 g/mol. The van der Waals surface area contributed by atoms with Gasteiger partial charge in [0, 0.05) is 17.4 Å². The minimum absolute atomic E-state index is 0. The Bertz CT molecular complexity index is 1930. The minimum atomic E-state index is -1.65. The standard InChI is InChI=1S/C31H29N3O16.6K/c35-25(36)4-2-16-1-3-18(33(12-26(37)38)13-27(39)40)21(7-16)47-5-6-48-22-8-17-9-23(30-32-11-24(50-30)31(45)46)49-20(17)10-19(22)34(14-28(41)42)15-29(43)44;;;;;;/h1,3,7-11H,2,4-6,12-15H2,(H,35,36)(H,37,38)(H,39,40)(H,41,42)(H,43,44)(H,45,46);;;;;;/q;6*+1/p-6. The van der Waals surface area contributed by atoms with Crippen LogP contribution >= 0.6 is 0 Å². The SMILES string of the molecule is O=C([O-])CCc1ccc(N(CC(=O)[O-])CC(=O)[O-])c(OCCOc2cc3cc(-c4ncc(C(=O)[O-])o4)oc3cc2N(CC(=O)[O-])CC(=O)[O-])c1.[K+].[K+].[K+].[K+].[K+].[K+]. The molecule has 0 atom stereocenters. The van der Waals surface area contributed by atoms with Gasteiger partial charge in [0.15, 0.2) is 11.5 Å². The van der Waals surface area contributed by atoms with E-state index in [0.717, 1.165) is 16.0 Å². The Morgan fingerprint density at radius 2 is 1.11 bits per heavy atom. The number of aromatic carboxylic acids is 1. The van der Waals surface area contributed by atoms with Crippen LogP contribution < -0.4 is 358 Å². The zero-order valence-electron chi connectivity index (χ0n) is 31.6. The van der Waals surface area contributed by atoms with Crippen molar-refractivity contribution in [3.05, 3.63) is 53.9 Å². The van der Waals surface area contributed by atoms with Gasteiger partial charge < -0.3 is 87.5 Å². The van der Waals surface area contributed by atoms with Crippen LogP contribution in [0.15, 0.2) is 51.4 Å². The van der Waals surface area contributed by atoms with Gasteiger partial charge in [0.1, 0.15) is 36.3 Å². The predicted octanol–water partition coefficient (Wildman–Crippen LogP) is -23.8. The Kier molecular flexibility index (Phi) is 36.0. The topological polar surface area (TPSA) is 305 Å². The Balaban J connectivity index is -0.00000468. The molecule has 0 spiro atoms. The number of carboxylic acids is 6. The van der Waals surface area contributed by atoms with Crippen molar-refractivity contribution >= 4 is 58.2 Å². The molecule has 2 aromatic carbocycles. The molecule has 25 heteroatoms. The summed E-state index contributed by atoms with van der Waals surface area (Å²) in [5.74, 6) is -10.6. The number of fused-ring (bicyclic) bond motifs is 1. The maximum atomic E-state index is 11.5. The summed E-state index contributed by atoms with van der Waals surface area (Å²) in [7, 11) is 0. The molecule has 4 rings (SSSR count). The predicted molar refractivity (Wildman–Crippen MR) is 151 cm³/mol. The number of nitrogens with zero attached hydrogens (tertiary/aromatic N) is 3. The van der Waals surface area contributed by atoms with Crippen LogP contribution in [-0.4, -0.2) is 80.2 Å². The molecule has 0 N–H and O–H groups in total. The van der Waals surface area contributed by atoms with Gasteiger partial charge in [0.2, 0.25) is 0 Å². The van der Waals surface area contributed by atoms with Crippen molar-refractivity contribution in [2.75, 3.05) is 49.2 Å². The number of carbonyl (C=O) groups excluding carboxylic acids is 6. The van der Waals surface area contributed by atoms with E-state index in [-0.39, 0.29) is 380 Å². The molecule has 0 aliphatic heterocycles. The summed E-state index contributed by atoms with van der Waals surface area (Å²) in [6.07, 6.45) is 0.508. The van der Waals surface area contributed by atoms with E-state index in [9.17, 15) is 59.4 Å². The number of carbonyl (C=O) groups is 6. The molecule has 264 valence electrons. The molecule has 56 heavy (non-hydrogen) atoms. The Labute approximate surface area is 573 Å². The third-order valence-corrected chi connectivity index (χ3v) is 6.72. The molecule has 0 aliphatic rings. The first-order valence-corrected chi connectivity index (χ1v) is 14.3. The molecule has 19 nitrogen and oxygen atoms in total. The molecule has 0 radical (unpaired) electrons. The molecule has 0 unspecified atom stereocenters. The Morgan fingerprint density at radius 1 is 0.607 bits per heavy atom. The summed E-state index contributed by atoms with van der Waals surface area (Å²) < 4.78 is 22.4. The van der Waals surface area contributed by atoms with Crippen molar-refractivity contribution in [2.45, 2.75) is 12.8 Å². The monoisotopic (exact) mass is 927 g/mol. The zero-order chi connectivity index (χ0) is 36.5. The summed E-state index contributed by atoms with van der Waals surface area (Å²) in [4.78, 5) is 73.2. The molecule has 2 heterocycles. The quantitative estimate of drug-likeness (QED) is 0.0587. The smallest absolute Gasteiger partial charge is 0.550 e. The first-order valence-electron chi connectivity index (χ1n) is 14.3. The van der Waals surface area contributed by atoms with Crippen LogP contribution in [0.2, 0.25) is 0 Å². The summed E-state index contributed by atoms with van der Waals surface area (Å²) in [6, 6.07) is 8.06. The number of carboxylic acid groups (broad SMARTS) is 6. The molecule has 4 aromatic rings. The zero-order valence-corrected chi connectivity index (χ0v) is 50.3. The van der Waals surface area contributed by atoms with E-state index in [0.29, 0.717) is 5.56 Å². The third kappa shape index (κ3) is 20.7. The number of furan rings is 1. The number of aliphatic carboxylic acids is 5. The minimum Gasteiger partial charge on any atom is -0.550 e. The molecule has 0 saturated carbocycles. The van der Waals surface area contributed by atoms with Crippen molar-refractivity contribution < 1.29 is 386 Å². The largest absolute Gasteiger partial charge is 1.00 e. The first kappa shape index (κ1) is 63.3. The summed E-state index contributed by atoms with van der Waals surface area (Å²) in [6.45, 7) is -4.27. The van der Waals surface area contributed by atoms with Gasteiger partial charge in [-0.1, -0.05) is 6.07 Å². The van der Waals surface area contributed by atoms with Gasteiger partial charge in [-0.05, 0) is 42.7 Å². The average molecular weight is 928 g/mol. The van der Waals surface area contributed by atoms with Crippen LogP contribution in [0.25, 0.3) is 22.6 Å². The summed E-state index contributed by atoms with van der Waals surface area (Å²) in [5, 5.41) is 68.0. The van der Waals surface area contributed by atoms with Crippen LogP contribution in [-0.2, 0) is 30.4 Å². The van der Waals surface area contributed by atoms with Crippen molar-refractivity contribution in [1.82, 2.24) is 4.98 Å². The van der Waals surface area contributed by atoms with E-state index in [1.807, 2.05) is 0 Å². The van der Waals surface area contributed by atoms with Crippen LogP contribution in [0, 0.1) is 0 Å². The number of aromatic nitrogens is 1. The summed E-state index contributed by atoms with van der Waals surface area (Å²) in [5.41, 5.74) is 0.324. The normalized spacial score (nSPS) is 9.64. The van der Waals surface area contributed by atoms with Gasteiger partial charge >= 0.3 is 308 Å². The Morgan fingerprint density at radius 3 is 1.57 bits per heavy atom. The van der Waals surface area contributed by atoms with E-state index in [2.05, 4.69) is 4.98 Å². The maximum absolute atomic E-state index is 11.5. The van der Waals surface area contributed by atoms with Gasteiger partial charge in [-0.3, -0.25) is 0 Å². The van der Waals surface area contributed by atoms with Gasteiger partial charge in [-0.2, -0.15) is 0 Å². The van der Waals surface area contributed by atoms with Crippen molar-refractivity contribution in [3.63, 3.8) is 0 Å². The number of hydrogen-bond donors (Lipinski definition) is 0. The third-order valence-electron chi connectivity index (χ3n) is 6.72. The number of rotatable bonds is 20. The maximum Gasteiger partial charge on any atom is 1.00 e. The number of oxazole rings is 1. The van der Waals surface area contributed by atoms with Crippen LogP contribution in [0.4, 0.5) is 11.4 Å². The van der Waals surface area contributed by atoms with E-state index in [1.54, 1.807) is 0 Å². The number of aryl methyl sites for hydroxylation is 1. The first-order chi connectivity index (χ1) is 23.7. The van der Waals surface area contributed by atoms with E-state index in [4.69, 9.17) is 18.3 Å². The van der Waals surface area contributed by atoms with Crippen LogP contribution in [0.5, 0.6) is 11.5 Å². The average Bonchev–Trinajstić information content (AvgIpc) is 3.68. The molecule has 2 aromatic heterocycles. The van der Waals surface area contributed by atoms with Gasteiger partial charge in [0.05, 0.1) is 67.6 Å². The van der Waals surface area contributed by atoms with Crippen LogP contribution in [0.3, 0.4) is 0 Å². The van der Waals surface area contributed by atoms with Crippen molar-refractivity contribution in [3.8, 4) is 23.1 Å². The number of anilines is 2. The molecule has 0 bridgehead atoms. The van der Waals surface area contributed by atoms with Crippen molar-refractivity contribution in [2.24, 2.45) is 0 Å². The van der Waals surface area contributed by atoms with E-state index >= 15 is 0 Å². The van der Waals surface area contributed by atoms with E-state index < -0.39 is 67.8 Å². The fourth-order valence-electron chi connectivity index (χ4n) is 4.72. The van der Waals surface area contributed by atoms with Gasteiger partial charge in [-0.25, -0.2) is 4.98 Å². The van der Waals surface area contributed by atoms with Gasteiger partial charge in [-0.15, -0.1) is 0 Å². The number of benzene rings is 2. The van der Waals surface area contributed by atoms with Crippen LogP contribution in [0.1, 0.15) is 22.5 Å². The second-order valence-electron chi connectivity index (χ2n) is 10.4. The molecule has 0 fully saturated rings. The van der Waals surface area contributed by atoms with E-state index in [1.165, 1.54) is 36.4 Å². The fraction of sp³-hybridized carbons (Fsp3) is 0.258. The molecule has 0 amide bonds. The van der Waals surface area contributed by atoms with Gasteiger partial charge in [0.25, 0.3) is 5.89 Å². The molecule has 0 aliphatic carbocycles.